The van der Waals surface area contributed by atoms with Crippen LogP contribution in [0.1, 0.15) is 37.7 Å². The third-order valence-corrected chi connectivity index (χ3v) is 5.80. The number of likely N-dealkylation sites (tertiary alicyclic amines) is 1. The largest absolute Gasteiger partial charge is 0.324 e. The number of rotatable bonds is 3. The van der Waals surface area contributed by atoms with E-state index in [0.29, 0.717) is 6.54 Å². The molecule has 120 valence electrons. The number of hydrogen-bond acceptors (Lipinski definition) is 2. The number of aryl methyl sites for hydroxylation is 1. The van der Waals surface area contributed by atoms with Gasteiger partial charge in [-0.2, -0.15) is 0 Å². The minimum atomic E-state index is 0.0961. The molecule has 1 aromatic rings. The average Bonchev–Trinajstić information content (AvgIpc) is 2.50. The highest BCUT2D eigenvalue weighted by Gasteiger charge is 2.31. The molecule has 3 nitrogen and oxygen atoms in total. The van der Waals surface area contributed by atoms with Crippen LogP contribution in [0.3, 0.4) is 0 Å². The molecule has 2 atom stereocenters. The quantitative estimate of drug-likeness (QED) is 0.870. The minimum absolute atomic E-state index is 0.0961. The Bertz CT molecular complexity index is 546. The van der Waals surface area contributed by atoms with Gasteiger partial charge in [0.2, 0.25) is 5.91 Å². The van der Waals surface area contributed by atoms with Crippen molar-refractivity contribution in [2.24, 2.45) is 11.8 Å². The number of amides is 1. The van der Waals surface area contributed by atoms with Crippen LogP contribution in [0.5, 0.6) is 0 Å². The number of carbonyl (C=O) groups excluding carboxylic acids is 1. The van der Waals surface area contributed by atoms with Gasteiger partial charge in [0, 0.05) is 11.0 Å². The molecule has 2 fully saturated rings. The highest BCUT2D eigenvalue weighted by Crippen LogP contribution is 2.35. The Morgan fingerprint density at radius 1 is 1.27 bits per heavy atom. The lowest BCUT2D eigenvalue weighted by molar-refractivity contribution is -0.118. The second-order valence-corrected chi connectivity index (χ2v) is 7.71. The number of fused-ring (bicyclic) bond motifs is 1. The highest BCUT2D eigenvalue weighted by molar-refractivity contribution is 9.10. The Morgan fingerprint density at radius 2 is 2.05 bits per heavy atom. The van der Waals surface area contributed by atoms with E-state index in [4.69, 9.17) is 0 Å². The van der Waals surface area contributed by atoms with Crippen LogP contribution in [0, 0.1) is 18.8 Å². The van der Waals surface area contributed by atoms with Gasteiger partial charge in [0.1, 0.15) is 0 Å². The minimum Gasteiger partial charge on any atom is -0.324 e. The molecule has 1 aliphatic carbocycles. The smallest absolute Gasteiger partial charge is 0.238 e. The van der Waals surface area contributed by atoms with Gasteiger partial charge in [0.15, 0.2) is 0 Å². The van der Waals surface area contributed by atoms with Crippen molar-refractivity contribution in [2.75, 3.05) is 25.0 Å². The summed E-state index contributed by atoms with van der Waals surface area (Å²) in [4.78, 5) is 14.6. The van der Waals surface area contributed by atoms with E-state index < -0.39 is 0 Å². The van der Waals surface area contributed by atoms with Crippen molar-refractivity contribution in [1.29, 1.82) is 0 Å². The molecule has 0 aromatic heterocycles. The van der Waals surface area contributed by atoms with E-state index >= 15 is 0 Å². The lowest BCUT2D eigenvalue weighted by Crippen LogP contribution is -2.44. The highest BCUT2D eigenvalue weighted by atomic mass is 79.9. The zero-order valence-corrected chi connectivity index (χ0v) is 14.9. The van der Waals surface area contributed by atoms with Gasteiger partial charge in [0.25, 0.3) is 0 Å². The normalized spacial score (nSPS) is 25.5. The molecule has 3 rings (SSSR count). The van der Waals surface area contributed by atoms with Gasteiger partial charge in [-0.15, -0.1) is 0 Å². The Hall–Kier alpha value is -0.870. The standard InChI is InChI=1S/C18H25BrN2O/c1-13-6-7-17(16(19)10-13)20-18(22)12-21-9-8-14-4-2-3-5-15(14)11-21/h6-7,10,14-15H,2-5,8-9,11-12H2,1H3,(H,20,22)/t14-,15+/m0/s1. The molecule has 1 aromatic carbocycles. The van der Waals surface area contributed by atoms with Gasteiger partial charge < -0.3 is 5.32 Å². The molecule has 1 N–H and O–H groups in total. The number of carbonyl (C=O) groups is 1. The van der Waals surface area contributed by atoms with Gasteiger partial charge >= 0.3 is 0 Å². The first-order valence-corrected chi connectivity index (χ1v) is 9.19. The number of piperidine rings is 1. The molecule has 1 amide bonds. The lowest BCUT2D eigenvalue weighted by Gasteiger charge is -2.41. The number of nitrogens with one attached hydrogen (secondary N) is 1. The van der Waals surface area contributed by atoms with Crippen molar-refractivity contribution < 1.29 is 4.79 Å². The summed E-state index contributed by atoms with van der Waals surface area (Å²) in [5, 5.41) is 3.03. The fraction of sp³-hybridized carbons (Fsp3) is 0.611. The Balaban J connectivity index is 1.53. The molecule has 4 heteroatoms. The van der Waals surface area contributed by atoms with Crippen molar-refractivity contribution in [3.05, 3.63) is 28.2 Å². The van der Waals surface area contributed by atoms with E-state index in [-0.39, 0.29) is 5.91 Å². The van der Waals surface area contributed by atoms with Gasteiger partial charge in [0.05, 0.1) is 12.2 Å². The van der Waals surface area contributed by atoms with Crippen molar-refractivity contribution in [2.45, 2.75) is 39.0 Å². The predicted molar refractivity (Wildman–Crippen MR) is 94.0 cm³/mol. The Labute approximate surface area is 141 Å². The van der Waals surface area contributed by atoms with Crippen LogP contribution in [0.15, 0.2) is 22.7 Å². The fourth-order valence-corrected chi connectivity index (χ4v) is 4.53. The van der Waals surface area contributed by atoms with Crippen LogP contribution in [0.4, 0.5) is 5.69 Å². The molecular formula is C18H25BrN2O. The van der Waals surface area contributed by atoms with Gasteiger partial charge in [-0.1, -0.05) is 25.3 Å². The van der Waals surface area contributed by atoms with Gasteiger partial charge in [-0.05, 0) is 71.8 Å². The van der Waals surface area contributed by atoms with Crippen LogP contribution in [-0.2, 0) is 4.79 Å². The van der Waals surface area contributed by atoms with Gasteiger partial charge in [-0.3, -0.25) is 9.69 Å². The predicted octanol–water partition coefficient (Wildman–Crippen LogP) is 4.21. The molecule has 1 aliphatic heterocycles. The first kappa shape index (κ1) is 16.0. The van der Waals surface area contributed by atoms with Crippen LogP contribution < -0.4 is 5.32 Å². The summed E-state index contributed by atoms with van der Waals surface area (Å²) in [5.74, 6) is 1.83. The van der Waals surface area contributed by atoms with E-state index in [9.17, 15) is 4.79 Å². The Morgan fingerprint density at radius 3 is 2.82 bits per heavy atom. The summed E-state index contributed by atoms with van der Waals surface area (Å²) in [5.41, 5.74) is 2.05. The molecule has 2 aliphatic rings. The van der Waals surface area contributed by atoms with Crippen molar-refractivity contribution in [3.8, 4) is 0 Å². The van der Waals surface area contributed by atoms with Crippen molar-refractivity contribution >= 4 is 27.5 Å². The molecule has 22 heavy (non-hydrogen) atoms. The second-order valence-electron chi connectivity index (χ2n) is 6.86. The van der Waals surface area contributed by atoms with E-state index in [0.717, 1.165) is 35.1 Å². The number of hydrogen-bond donors (Lipinski definition) is 1. The molecule has 0 spiro atoms. The second kappa shape index (κ2) is 7.14. The van der Waals surface area contributed by atoms with E-state index in [1.807, 2.05) is 25.1 Å². The SMILES string of the molecule is Cc1ccc(NC(=O)CN2CC[C@@H]3CCCC[C@@H]3C2)c(Br)c1. The molecule has 0 unspecified atom stereocenters. The molecule has 1 saturated carbocycles. The summed E-state index contributed by atoms with van der Waals surface area (Å²) < 4.78 is 0.951. The number of anilines is 1. The summed E-state index contributed by atoms with van der Waals surface area (Å²) >= 11 is 3.52. The summed E-state index contributed by atoms with van der Waals surface area (Å²) in [6, 6.07) is 6.02. The van der Waals surface area contributed by atoms with Crippen LogP contribution in [0.2, 0.25) is 0 Å². The molecule has 1 saturated heterocycles. The van der Waals surface area contributed by atoms with Crippen LogP contribution in [0.25, 0.3) is 0 Å². The first-order valence-electron chi connectivity index (χ1n) is 8.40. The van der Waals surface area contributed by atoms with E-state index in [2.05, 4.69) is 26.1 Å². The average molecular weight is 365 g/mol. The fourth-order valence-electron chi connectivity index (χ4n) is 3.93. The maximum absolute atomic E-state index is 12.3. The third kappa shape index (κ3) is 3.90. The van der Waals surface area contributed by atoms with E-state index in [1.165, 1.54) is 37.7 Å². The van der Waals surface area contributed by atoms with Crippen molar-refractivity contribution in [1.82, 2.24) is 4.90 Å². The molecular weight excluding hydrogens is 340 g/mol. The number of halogens is 1. The zero-order valence-electron chi connectivity index (χ0n) is 13.3. The molecule has 0 radical (unpaired) electrons. The third-order valence-electron chi connectivity index (χ3n) is 5.14. The monoisotopic (exact) mass is 364 g/mol. The van der Waals surface area contributed by atoms with Crippen LogP contribution >= 0.6 is 15.9 Å². The van der Waals surface area contributed by atoms with Gasteiger partial charge in [-0.25, -0.2) is 0 Å². The maximum atomic E-state index is 12.3. The zero-order chi connectivity index (χ0) is 15.5. The Kier molecular flexibility index (Phi) is 5.19. The first-order chi connectivity index (χ1) is 10.6. The lowest BCUT2D eigenvalue weighted by atomic mass is 9.75. The van der Waals surface area contributed by atoms with E-state index in [1.54, 1.807) is 0 Å². The number of benzene rings is 1. The van der Waals surface area contributed by atoms with Crippen LogP contribution in [-0.4, -0.2) is 30.4 Å². The summed E-state index contributed by atoms with van der Waals surface area (Å²) in [7, 11) is 0. The molecule has 0 bridgehead atoms. The number of nitrogens with zero attached hydrogens (tertiary/aromatic N) is 1. The molecule has 1 heterocycles. The summed E-state index contributed by atoms with van der Waals surface area (Å²) in [6.07, 6.45) is 6.81. The topological polar surface area (TPSA) is 32.3 Å². The maximum Gasteiger partial charge on any atom is 0.238 e. The van der Waals surface area contributed by atoms with Crippen molar-refractivity contribution in [3.63, 3.8) is 0 Å². The summed E-state index contributed by atoms with van der Waals surface area (Å²) in [6.45, 7) is 4.74.